The molecule has 1 fully saturated rings. The molecule has 3 heterocycles. The quantitative estimate of drug-likeness (QED) is 0.686. The van der Waals surface area contributed by atoms with Gasteiger partial charge in [-0.2, -0.15) is 4.98 Å². The largest absolute Gasteiger partial charge is 0.392 e. The number of nitrogen functional groups attached to an aromatic ring is 1. The molecular formula is C15H18N4O4. The molecule has 2 aromatic heterocycles. The molecule has 4 N–H and O–H groups in total. The molecule has 122 valence electrons. The van der Waals surface area contributed by atoms with E-state index in [-0.39, 0.29) is 36.4 Å². The van der Waals surface area contributed by atoms with Crippen LogP contribution in [0.25, 0.3) is 11.0 Å². The number of aromatic amines is 1. The molecule has 0 spiro atoms. The number of H-pyrrole nitrogens is 1. The Morgan fingerprint density at radius 3 is 3.00 bits per heavy atom. The average molecular weight is 318 g/mol. The lowest BCUT2D eigenvalue weighted by atomic mass is 10.1. The number of ether oxygens (including phenoxy) is 2. The Kier molecular flexibility index (Phi) is 2.93. The first-order valence-electron chi connectivity index (χ1n) is 7.43. The molecule has 1 unspecified atom stereocenters. The molecular weight excluding hydrogens is 300 g/mol. The molecule has 0 saturated carbocycles. The van der Waals surface area contributed by atoms with Crippen LogP contribution in [0.3, 0.4) is 0 Å². The monoisotopic (exact) mass is 318 g/mol. The lowest BCUT2D eigenvalue weighted by Gasteiger charge is -2.22. The Labute approximate surface area is 131 Å². The Morgan fingerprint density at radius 1 is 1.48 bits per heavy atom. The number of anilines is 1. The minimum atomic E-state index is -0.727. The van der Waals surface area contributed by atoms with Crippen molar-refractivity contribution in [2.45, 2.75) is 37.9 Å². The zero-order valence-electron chi connectivity index (χ0n) is 12.8. The Bertz CT molecular complexity index is 866. The van der Waals surface area contributed by atoms with Crippen LogP contribution in [0.1, 0.15) is 19.9 Å². The van der Waals surface area contributed by atoms with E-state index in [2.05, 4.69) is 9.97 Å². The standard InChI is InChI=1S/C15H18N4O4/c1-15(2)22-10-7(6-20)5-9(11(10)23-15)19-4-3-8-12(19)17-14(16)18-13(8)21/h3-5,9-11,20H,6H2,1-2H3,(H3,16,17,18,21)/t9-,10+,11?/m1/s1. The molecule has 0 amide bonds. The van der Waals surface area contributed by atoms with Gasteiger partial charge in [0.05, 0.1) is 18.0 Å². The maximum atomic E-state index is 12.0. The first-order valence-corrected chi connectivity index (χ1v) is 7.43. The Hall–Kier alpha value is -2.16. The third kappa shape index (κ3) is 2.10. The highest BCUT2D eigenvalue weighted by atomic mass is 16.8. The number of aliphatic hydroxyl groups is 1. The highest BCUT2D eigenvalue weighted by Crippen LogP contribution is 2.43. The van der Waals surface area contributed by atoms with Gasteiger partial charge >= 0.3 is 0 Å². The number of hydrogen-bond donors (Lipinski definition) is 3. The summed E-state index contributed by atoms with van der Waals surface area (Å²) in [6.45, 7) is 3.57. The van der Waals surface area contributed by atoms with Crippen LogP contribution in [0.2, 0.25) is 0 Å². The van der Waals surface area contributed by atoms with Crippen molar-refractivity contribution in [2.75, 3.05) is 12.3 Å². The van der Waals surface area contributed by atoms with E-state index in [0.717, 1.165) is 5.57 Å². The van der Waals surface area contributed by atoms with Crippen LogP contribution in [0.4, 0.5) is 5.95 Å². The number of fused-ring (bicyclic) bond motifs is 2. The maximum absolute atomic E-state index is 12.0. The van der Waals surface area contributed by atoms with Gasteiger partial charge in [-0.15, -0.1) is 0 Å². The average Bonchev–Trinajstić information content (AvgIpc) is 3.09. The molecule has 4 rings (SSSR count). The SMILES string of the molecule is CC1(C)OC2[C@H](n3ccc4c(=O)[nH]c(N)nc43)C=C(CO)[C@@H]2O1. The van der Waals surface area contributed by atoms with E-state index in [4.69, 9.17) is 15.2 Å². The van der Waals surface area contributed by atoms with Crippen LogP contribution < -0.4 is 11.3 Å². The molecule has 8 nitrogen and oxygen atoms in total. The highest BCUT2D eigenvalue weighted by molar-refractivity contribution is 5.76. The van der Waals surface area contributed by atoms with E-state index in [1.165, 1.54) is 0 Å². The van der Waals surface area contributed by atoms with Crippen molar-refractivity contribution in [1.82, 2.24) is 14.5 Å². The fourth-order valence-electron chi connectivity index (χ4n) is 3.42. The van der Waals surface area contributed by atoms with E-state index in [0.29, 0.717) is 11.0 Å². The molecule has 1 aliphatic carbocycles. The van der Waals surface area contributed by atoms with E-state index < -0.39 is 5.79 Å². The minimum absolute atomic E-state index is 0.0623. The highest BCUT2D eigenvalue weighted by Gasteiger charge is 2.50. The molecule has 23 heavy (non-hydrogen) atoms. The van der Waals surface area contributed by atoms with Gasteiger partial charge in [-0.1, -0.05) is 6.08 Å². The van der Waals surface area contributed by atoms with Gasteiger partial charge < -0.3 is 24.9 Å². The minimum Gasteiger partial charge on any atom is -0.392 e. The van der Waals surface area contributed by atoms with E-state index in [9.17, 15) is 9.90 Å². The number of nitrogens with one attached hydrogen (secondary N) is 1. The third-order valence-electron chi connectivity index (χ3n) is 4.32. The van der Waals surface area contributed by atoms with E-state index in [1.807, 2.05) is 24.5 Å². The van der Waals surface area contributed by atoms with Crippen LogP contribution >= 0.6 is 0 Å². The van der Waals surface area contributed by atoms with Gasteiger partial charge in [-0.25, -0.2) is 0 Å². The first-order chi connectivity index (χ1) is 10.9. The van der Waals surface area contributed by atoms with Crippen LogP contribution in [-0.4, -0.2) is 44.2 Å². The van der Waals surface area contributed by atoms with Crippen molar-refractivity contribution < 1.29 is 14.6 Å². The molecule has 1 saturated heterocycles. The molecule has 2 aliphatic rings. The van der Waals surface area contributed by atoms with Gasteiger partial charge in [0.2, 0.25) is 5.95 Å². The summed E-state index contributed by atoms with van der Waals surface area (Å²) in [6.07, 6.45) is 3.09. The van der Waals surface area contributed by atoms with Gasteiger partial charge in [0.1, 0.15) is 17.9 Å². The summed E-state index contributed by atoms with van der Waals surface area (Å²) in [5.74, 6) is -0.665. The van der Waals surface area contributed by atoms with Crippen molar-refractivity contribution in [2.24, 2.45) is 0 Å². The summed E-state index contributed by atoms with van der Waals surface area (Å²) >= 11 is 0. The zero-order valence-corrected chi connectivity index (χ0v) is 12.8. The van der Waals surface area contributed by atoms with Gasteiger partial charge in [-0.3, -0.25) is 9.78 Å². The molecule has 0 bridgehead atoms. The smallest absolute Gasteiger partial charge is 0.261 e. The molecule has 3 atom stereocenters. The summed E-state index contributed by atoms with van der Waals surface area (Å²) < 4.78 is 13.7. The fraction of sp³-hybridized carbons (Fsp3) is 0.467. The van der Waals surface area contributed by atoms with Crippen molar-refractivity contribution in [1.29, 1.82) is 0 Å². The number of nitrogens with two attached hydrogens (primary N) is 1. The predicted octanol–water partition coefficient (Wildman–Crippen LogP) is 0.300. The number of rotatable bonds is 2. The summed E-state index contributed by atoms with van der Waals surface area (Å²) in [5, 5.41) is 10.1. The zero-order chi connectivity index (χ0) is 16.4. The first kappa shape index (κ1) is 14.4. The normalized spacial score (nSPS) is 29.0. The van der Waals surface area contributed by atoms with Crippen molar-refractivity contribution in [3.05, 3.63) is 34.3 Å². The Balaban J connectivity index is 1.85. The second-order valence-corrected chi connectivity index (χ2v) is 6.32. The third-order valence-corrected chi connectivity index (χ3v) is 4.32. The molecule has 0 aromatic carbocycles. The lowest BCUT2D eigenvalue weighted by Crippen LogP contribution is -2.28. The topological polar surface area (TPSA) is 115 Å². The summed E-state index contributed by atoms with van der Waals surface area (Å²) in [4.78, 5) is 18.7. The number of nitrogens with zero attached hydrogens (tertiary/aromatic N) is 2. The summed E-state index contributed by atoms with van der Waals surface area (Å²) in [7, 11) is 0. The van der Waals surface area contributed by atoms with E-state index in [1.54, 1.807) is 12.3 Å². The van der Waals surface area contributed by atoms with Crippen molar-refractivity contribution >= 4 is 17.0 Å². The van der Waals surface area contributed by atoms with Crippen LogP contribution in [-0.2, 0) is 9.47 Å². The molecule has 0 radical (unpaired) electrons. The van der Waals surface area contributed by atoms with Gasteiger partial charge in [0.15, 0.2) is 5.79 Å². The van der Waals surface area contributed by atoms with Gasteiger partial charge in [0.25, 0.3) is 5.56 Å². The molecule has 2 aromatic rings. The second kappa shape index (κ2) is 4.67. The van der Waals surface area contributed by atoms with Crippen molar-refractivity contribution in [3.63, 3.8) is 0 Å². The Morgan fingerprint density at radius 2 is 2.26 bits per heavy atom. The van der Waals surface area contributed by atoms with Gasteiger partial charge in [-0.05, 0) is 25.5 Å². The summed E-state index contributed by atoms with van der Waals surface area (Å²) in [6, 6.07) is 1.47. The molecule has 8 heteroatoms. The molecule has 1 aliphatic heterocycles. The second-order valence-electron chi connectivity index (χ2n) is 6.32. The van der Waals surface area contributed by atoms with E-state index >= 15 is 0 Å². The van der Waals surface area contributed by atoms with Crippen molar-refractivity contribution in [3.8, 4) is 0 Å². The summed E-state index contributed by atoms with van der Waals surface area (Å²) in [5.41, 5.74) is 6.64. The van der Waals surface area contributed by atoms with Crippen LogP contribution in [0.15, 0.2) is 28.7 Å². The fourth-order valence-corrected chi connectivity index (χ4v) is 3.42. The number of aromatic nitrogens is 3. The maximum Gasteiger partial charge on any atom is 0.261 e. The van der Waals surface area contributed by atoms with Crippen LogP contribution in [0, 0.1) is 0 Å². The van der Waals surface area contributed by atoms with Gasteiger partial charge in [0, 0.05) is 6.20 Å². The number of aliphatic hydroxyl groups excluding tert-OH is 1. The van der Waals surface area contributed by atoms with Crippen LogP contribution in [0.5, 0.6) is 0 Å². The number of hydrogen-bond acceptors (Lipinski definition) is 6. The lowest BCUT2D eigenvalue weighted by molar-refractivity contribution is -0.148. The predicted molar refractivity (Wildman–Crippen MR) is 82.8 cm³/mol.